The van der Waals surface area contributed by atoms with Crippen molar-refractivity contribution in [1.29, 1.82) is 0 Å². The first kappa shape index (κ1) is 15.9. The SMILES string of the molecule is O=C(O)Oc1cnn(-c2nc3cc(OC(F)(F)F)c(Cl)cc3[nH]2)c1. The maximum absolute atomic E-state index is 12.3. The number of carboxylic acid groups (broad SMARTS) is 1. The molecule has 0 amide bonds. The van der Waals surface area contributed by atoms with Gasteiger partial charge >= 0.3 is 12.5 Å². The van der Waals surface area contributed by atoms with Crippen LogP contribution in [-0.2, 0) is 0 Å². The minimum atomic E-state index is -4.89. The summed E-state index contributed by atoms with van der Waals surface area (Å²) < 4.78 is 46.3. The second-order valence-corrected chi connectivity index (χ2v) is 4.80. The number of ether oxygens (including phenoxy) is 2. The Hall–Kier alpha value is -2.95. The number of nitrogens with zero attached hydrogens (tertiary/aromatic N) is 3. The number of H-pyrrole nitrogens is 1. The molecule has 3 aromatic rings. The standard InChI is InChI=1S/C12H6ClF3N4O4/c13-6-1-7-8(2-9(6)24-12(14,15)16)19-10(18-7)20-4-5(3-17-20)23-11(21)22/h1-4H,(H,18,19)(H,21,22). The van der Waals surface area contributed by atoms with Gasteiger partial charge in [-0.3, -0.25) is 0 Å². The van der Waals surface area contributed by atoms with Gasteiger partial charge in [0.2, 0.25) is 5.95 Å². The molecule has 0 saturated heterocycles. The van der Waals surface area contributed by atoms with E-state index in [0.717, 1.165) is 16.9 Å². The second kappa shape index (κ2) is 5.60. The van der Waals surface area contributed by atoms with Gasteiger partial charge in [-0.2, -0.15) is 5.10 Å². The third-order valence-electron chi connectivity index (χ3n) is 2.73. The minimum Gasteiger partial charge on any atom is -0.449 e. The molecule has 0 radical (unpaired) electrons. The van der Waals surface area contributed by atoms with Crippen molar-refractivity contribution < 1.29 is 32.5 Å². The molecular formula is C12H6ClF3N4O4. The predicted octanol–water partition coefficient (Wildman–Crippen LogP) is 3.36. The Labute approximate surface area is 135 Å². The smallest absolute Gasteiger partial charge is 0.449 e. The number of imidazole rings is 1. The van der Waals surface area contributed by atoms with Crippen molar-refractivity contribution in [1.82, 2.24) is 19.7 Å². The fourth-order valence-electron chi connectivity index (χ4n) is 1.88. The number of alkyl halides is 3. The van der Waals surface area contributed by atoms with E-state index in [9.17, 15) is 18.0 Å². The van der Waals surface area contributed by atoms with E-state index in [1.807, 2.05) is 0 Å². The van der Waals surface area contributed by atoms with Gasteiger partial charge in [-0.05, 0) is 6.07 Å². The molecule has 1 aromatic carbocycles. The first-order valence-corrected chi connectivity index (χ1v) is 6.50. The molecule has 0 bridgehead atoms. The number of aromatic amines is 1. The van der Waals surface area contributed by atoms with Gasteiger partial charge < -0.3 is 19.6 Å². The Bertz CT molecular complexity index is 921. The number of fused-ring (bicyclic) bond motifs is 1. The maximum atomic E-state index is 12.3. The zero-order valence-electron chi connectivity index (χ0n) is 11.3. The Balaban J connectivity index is 1.96. The molecule has 8 nitrogen and oxygen atoms in total. The van der Waals surface area contributed by atoms with Crippen molar-refractivity contribution in [3.05, 3.63) is 29.5 Å². The molecule has 0 unspecified atom stereocenters. The van der Waals surface area contributed by atoms with Crippen molar-refractivity contribution in [2.24, 2.45) is 0 Å². The van der Waals surface area contributed by atoms with Gasteiger partial charge in [-0.1, -0.05) is 11.6 Å². The molecule has 0 fully saturated rings. The zero-order valence-corrected chi connectivity index (χ0v) is 12.1. The predicted molar refractivity (Wildman–Crippen MR) is 73.6 cm³/mol. The van der Waals surface area contributed by atoms with Gasteiger partial charge in [0, 0.05) is 6.07 Å². The Morgan fingerprint density at radius 2 is 2.12 bits per heavy atom. The normalized spacial score (nSPS) is 11.7. The summed E-state index contributed by atoms with van der Waals surface area (Å²) in [5, 5.41) is 12.1. The summed E-state index contributed by atoms with van der Waals surface area (Å²) in [4.78, 5) is 17.3. The van der Waals surface area contributed by atoms with E-state index in [1.165, 1.54) is 12.3 Å². The van der Waals surface area contributed by atoms with E-state index in [0.29, 0.717) is 5.52 Å². The lowest BCUT2D eigenvalue weighted by molar-refractivity contribution is -0.274. The third-order valence-corrected chi connectivity index (χ3v) is 3.03. The molecule has 126 valence electrons. The van der Waals surface area contributed by atoms with Crippen LogP contribution < -0.4 is 9.47 Å². The van der Waals surface area contributed by atoms with E-state index in [1.54, 1.807) is 0 Å². The van der Waals surface area contributed by atoms with E-state index < -0.39 is 18.3 Å². The van der Waals surface area contributed by atoms with Gasteiger partial charge in [-0.15, -0.1) is 13.2 Å². The average Bonchev–Trinajstić information content (AvgIpc) is 3.03. The largest absolute Gasteiger partial charge is 0.573 e. The minimum absolute atomic E-state index is 0.0536. The van der Waals surface area contributed by atoms with Crippen molar-refractivity contribution in [2.45, 2.75) is 6.36 Å². The number of benzene rings is 1. The number of hydrogen-bond acceptors (Lipinski definition) is 5. The summed E-state index contributed by atoms with van der Waals surface area (Å²) in [7, 11) is 0. The highest BCUT2D eigenvalue weighted by Gasteiger charge is 2.32. The molecule has 0 saturated carbocycles. The first-order chi connectivity index (χ1) is 11.2. The quantitative estimate of drug-likeness (QED) is 0.693. The van der Waals surface area contributed by atoms with Crippen molar-refractivity contribution >= 4 is 28.8 Å². The highest BCUT2D eigenvalue weighted by Crippen LogP contribution is 2.33. The van der Waals surface area contributed by atoms with Crippen LogP contribution in [0.15, 0.2) is 24.5 Å². The van der Waals surface area contributed by atoms with Crippen LogP contribution in [0.5, 0.6) is 11.5 Å². The molecule has 0 atom stereocenters. The Kier molecular flexibility index (Phi) is 3.72. The molecule has 2 aromatic heterocycles. The summed E-state index contributed by atoms with van der Waals surface area (Å²) >= 11 is 5.75. The van der Waals surface area contributed by atoms with Gasteiger partial charge in [0.1, 0.15) is 5.75 Å². The molecule has 12 heteroatoms. The summed E-state index contributed by atoms with van der Waals surface area (Å²) in [5.74, 6) is -0.530. The van der Waals surface area contributed by atoms with Gasteiger partial charge in [0.25, 0.3) is 0 Å². The summed E-state index contributed by atoms with van der Waals surface area (Å²) in [6.07, 6.45) is -4.05. The molecule has 2 heterocycles. The van der Waals surface area contributed by atoms with Crippen LogP contribution in [0.25, 0.3) is 17.0 Å². The lowest BCUT2D eigenvalue weighted by Gasteiger charge is -2.09. The summed E-state index contributed by atoms with van der Waals surface area (Å²) in [6.45, 7) is 0. The molecule has 3 rings (SSSR count). The topological polar surface area (TPSA) is 102 Å². The van der Waals surface area contributed by atoms with Crippen molar-refractivity contribution in [3.63, 3.8) is 0 Å². The highest BCUT2D eigenvalue weighted by molar-refractivity contribution is 6.32. The van der Waals surface area contributed by atoms with Crippen LogP contribution in [-0.4, -0.2) is 37.4 Å². The van der Waals surface area contributed by atoms with E-state index in [-0.39, 0.29) is 22.2 Å². The number of hydrogen-bond donors (Lipinski definition) is 2. The van der Waals surface area contributed by atoms with E-state index in [2.05, 4.69) is 24.5 Å². The van der Waals surface area contributed by atoms with Crippen LogP contribution in [0.1, 0.15) is 0 Å². The van der Waals surface area contributed by atoms with Crippen molar-refractivity contribution in [2.75, 3.05) is 0 Å². The van der Waals surface area contributed by atoms with Crippen LogP contribution in [0.2, 0.25) is 5.02 Å². The zero-order chi connectivity index (χ0) is 17.5. The highest BCUT2D eigenvalue weighted by atomic mass is 35.5. The molecule has 24 heavy (non-hydrogen) atoms. The average molecular weight is 363 g/mol. The fraction of sp³-hybridized carbons (Fsp3) is 0.0833. The summed E-state index contributed by atoms with van der Waals surface area (Å²) in [5.41, 5.74) is 0.477. The lowest BCUT2D eigenvalue weighted by Crippen LogP contribution is -2.17. The van der Waals surface area contributed by atoms with Gasteiger partial charge in [0.05, 0.1) is 28.4 Å². The monoisotopic (exact) mass is 362 g/mol. The number of aromatic nitrogens is 4. The molecule has 0 aliphatic carbocycles. The molecule has 2 N–H and O–H groups in total. The molecule has 0 spiro atoms. The van der Waals surface area contributed by atoms with Crippen LogP contribution >= 0.6 is 11.6 Å². The van der Waals surface area contributed by atoms with Crippen molar-refractivity contribution in [3.8, 4) is 17.4 Å². The van der Waals surface area contributed by atoms with E-state index in [4.69, 9.17) is 16.7 Å². The number of nitrogens with one attached hydrogen (secondary N) is 1. The Morgan fingerprint density at radius 1 is 1.38 bits per heavy atom. The molecule has 0 aliphatic rings. The summed E-state index contributed by atoms with van der Waals surface area (Å²) in [6, 6.07) is 2.23. The molecular weight excluding hydrogens is 357 g/mol. The number of carbonyl (C=O) groups is 1. The van der Waals surface area contributed by atoms with Gasteiger partial charge in [-0.25, -0.2) is 14.5 Å². The lowest BCUT2D eigenvalue weighted by atomic mass is 10.3. The van der Waals surface area contributed by atoms with Crippen LogP contribution in [0.4, 0.5) is 18.0 Å². The Morgan fingerprint density at radius 3 is 2.79 bits per heavy atom. The van der Waals surface area contributed by atoms with Crippen LogP contribution in [0, 0.1) is 0 Å². The second-order valence-electron chi connectivity index (χ2n) is 4.40. The first-order valence-electron chi connectivity index (χ1n) is 6.12. The van der Waals surface area contributed by atoms with Gasteiger partial charge in [0.15, 0.2) is 5.75 Å². The third kappa shape index (κ3) is 3.35. The maximum Gasteiger partial charge on any atom is 0.573 e. The van der Waals surface area contributed by atoms with E-state index >= 15 is 0 Å². The fourth-order valence-corrected chi connectivity index (χ4v) is 2.09. The van der Waals surface area contributed by atoms with Crippen LogP contribution in [0.3, 0.4) is 0 Å². The number of halogens is 4. The number of rotatable bonds is 3. The molecule has 0 aliphatic heterocycles.